The molecule has 0 spiro atoms. The lowest BCUT2D eigenvalue weighted by molar-refractivity contribution is 0.0299. The molecule has 2 nitrogen and oxygen atoms in total. The fourth-order valence-corrected chi connectivity index (χ4v) is 2.69. The predicted octanol–water partition coefficient (Wildman–Crippen LogP) is 2.64. The molecule has 15 heavy (non-hydrogen) atoms. The second-order valence-electron chi connectivity index (χ2n) is 4.73. The first kappa shape index (κ1) is 11.2. The summed E-state index contributed by atoms with van der Waals surface area (Å²) < 4.78 is 11.0. The summed E-state index contributed by atoms with van der Waals surface area (Å²) in [6, 6.07) is 0. The van der Waals surface area contributed by atoms with Crippen LogP contribution in [0, 0.1) is 17.8 Å². The minimum absolute atomic E-state index is 0.754. The van der Waals surface area contributed by atoms with E-state index in [0.717, 1.165) is 50.6 Å². The Morgan fingerprint density at radius 1 is 1.07 bits per heavy atom. The Hall–Kier alpha value is -0.340. The van der Waals surface area contributed by atoms with Crippen molar-refractivity contribution < 1.29 is 9.47 Å². The average molecular weight is 210 g/mol. The van der Waals surface area contributed by atoms with E-state index in [1.54, 1.807) is 0 Å². The van der Waals surface area contributed by atoms with Crippen molar-refractivity contribution in [1.82, 2.24) is 0 Å². The van der Waals surface area contributed by atoms with E-state index in [2.05, 4.69) is 19.1 Å². The molecule has 2 bridgehead atoms. The van der Waals surface area contributed by atoms with E-state index in [-0.39, 0.29) is 0 Å². The van der Waals surface area contributed by atoms with Crippen LogP contribution in [0.4, 0.5) is 0 Å². The quantitative estimate of drug-likeness (QED) is 0.475. The van der Waals surface area contributed by atoms with Crippen LogP contribution in [0.5, 0.6) is 0 Å². The summed E-state index contributed by atoms with van der Waals surface area (Å²) in [5, 5.41) is 0. The Bertz CT molecular complexity index is 213. The van der Waals surface area contributed by atoms with E-state index in [0.29, 0.717) is 0 Å². The summed E-state index contributed by atoms with van der Waals surface area (Å²) in [7, 11) is 0. The third kappa shape index (κ3) is 3.05. The third-order valence-corrected chi connectivity index (χ3v) is 3.47. The zero-order chi connectivity index (χ0) is 10.5. The van der Waals surface area contributed by atoms with Gasteiger partial charge in [-0.25, -0.2) is 0 Å². The predicted molar refractivity (Wildman–Crippen MR) is 60.8 cm³/mol. The molecule has 2 rings (SSSR count). The molecule has 86 valence electrons. The molecule has 0 aromatic rings. The Morgan fingerprint density at radius 2 is 1.93 bits per heavy atom. The number of ether oxygens (including phenoxy) is 2. The van der Waals surface area contributed by atoms with Crippen molar-refractivity contribution in [2.45, 2.75) is 26.2 Å². The van der Waals surface area contributed by atoms with E-state index < -0.39 is 0 Å². The van der Waals surface area contributed by atoms with Crippen LogP contribution in [0.25, 0.3) is 0 Å². The van der Waals surface area contributed by atoms with E-state index in [1.165, 1.54) is 12.8 Å². The molecule has 0 aliphatic heterocycles. The highest BCUT2D eigenvalue weighted by molar-refractivity contribution is 5.09. The lowest BCUT2D eigenvalue weighted by Crippen LogP contribution is -2.16. The highest BCUT2D eigenvalue weighted by Crippen LogP contribution is 2.43. The van der Waals surface area contributed by atoms with Gasteiger partial charge in [0.05, 0.1) is 19.8 Å². The molecule has 0 heterocycles. The molecular weight excluding hydrogens is 188 g/mol. The minimum Gasteiger partial charge on any atom is -0.379 e. The Morgan fingerprint density at radius 3 is 2.60 bits per heavy atom. The van der Waals surface area contributed by atoms with Gasteiger partial charge in [0.2, 0.25) is 0 Å². The first-order valence-corrected chi connectivity index (χ1v) is 6.24. The van der Waals surface area contributed by atoms with Gasteiger partial charge in [-0.2, -0.15) is 0 Å². The van der Waals surface area contributed by atoms with Crippen molar-refractivity contribution in [3.63, 3.8) is 0 Å². The molecular formula is C13H22O2. The number of hydrogen-bond donors (Lipinski definition) is 0. The van der Waals surface area contributed by atoms with Gasteiger partial charge in [0.1, 0.15) is 0 Å². The Labute approximate surface area is 92.6 Å². The van der Waals surface area contributed by atoms with Gasteiger partial charge in [-0.3, -0.25) is 0 Å². The Kier molecular flexibility index (Phi) is 4.21. The van der Waals surface area contributed by atoms with Crippen LogP contribution < -0.4 is 0 Å². The topological polar surface area (TPSA) is 18.5 Å². The molecule has 0 aromatic heterocycles. The summed E-state index contributed by atoms with van der Waals surface area (Å²) in [5.41, 5.74) is 0. The van der Waals surface area contributed by atoms with Crippen molar-refractivity contribution in [2.24, 2.45) is 17.8 Å². The zero-order valence-electron chi connectivity index (χ0n) is 9.65. The van der Waals surface area contributed by atoms with Gasteiger partial charge in [-0.05, 0) is 37.0 Å². The fraction of sp³-hybridized carbons (Fsp3) is 0.846. The molecule has 2 aliphatic rings. The average Bonchev–Trinajstić information content (AvgIpc) is 2.85. The molecule has 0 amide bonds. The normalized spacial score (nSPS) is 32.7. The van der Waals surface area contributed by atoms with Crippen molar-refractivity contribution >= 4 is 0 Å². The Balaban J connectivity index is 1.50. The van der Waals surface area contributed by atoms with Crippen LogP contribution in [-0.2, 0) is 9.47 Å². The molecule has 0 aromatic carbocycles. The zero-order valence-corrected chi connectivity index (χ0v) is 9.65. The highest BCUT2D eigenvalue weighted by Gasteiger charge is 2.35. The molecule has 1 fully saturated rings. The highest BCUT2D eigenvalue weighted by atomic mass is 16.5. The minimum atomic E-state index is 0.754. The maximum absolute atomic E-state index is 5.66. The molecule has 0 saturated heterocycles. The van der Waals surface area contributed by atoms with Crippen LogP contribution in [0.2, 0.25) is 0 Å². The standard InChI is InChI=1S/C13H22O2/c1-2-5-14-6-7-15-10-13-9-11-3-4-12(13)8-11/h3-4,11-13H,2,5-10H2,1H3. The first-order chi connectivity index (χ1) is 7.40. The van der Waals surface area contributed by atoms with Gasteiger partial charge in [0.25, 0.3) is 0 Å². The molecule has 0 radical (unpaired) electrons. The lowest BCUT2D eigenvalue weighted by Gasteiger charge is -2.17. The molecule has 0 N–H and O–H groups in total. The maximum atomic E-state index is 5.66. The first-order valence-electron chi connectivity index (χ1n) is 6.24. The van der Waals surface area contributed by atoms with Gasteiger partial charge in [0, 0.05) is 6.61 Å². The van der Waals surface area contributed by atoms with Crippen LogP contribution >= 0.6 is 0 Å². The van der Waals surface area contributed by atoms with Gasteiger partial charge in [-0.1, -0.05) is 19.1 Å². The summed E-state index contributed by atoms with van der Waals surface area (Å²) in [6.07, 6.45) is 8.58. The van der Waals surface area contributed by atoms with E-state index >= 15 is 0 Å². The second-order valence-corrected chi connectivity index (χ2v) is 4.73. The summed E-state index contributed by atoms with van der Waals surface area (Å²) in [6.45, 7) is 5.44. The number of allylic oxidation sites excluding steroid dienone is 2. The largest absolute Gasteiger partial charge is 0.379 e. The third-order valence-electron chi connectivity index (χ3n) is 3.47. The van der Waals surface area contributed by atoms with Crippen LogP contribution in [0.3, 0.4) is 0 Å². The SMILES string of the molecule is CCCOCCOCC1CC2C=CC1C2. The van der Waals surface area contributed by atoms with Crippen LogP contribution in [0.15, 0.2) is 12.2 Å². The number of rotatable bonds is 7. The second kappa shape index (κ2) is 5.66. The summed E-state index contributed by atoms with van der Waals surface area (Å²) >= 11 is 0. The maximum Gasteiger partial charge on any atom is 0.0700 e. The monoisotopic (exact) mass is 210 g/mol. The van der Waals surface area contributed by atoms with Gasteiger partial charge in [0.15, 0.2) is 0 Å². The summed E-state index contributed by atoms with van der Waals surface area (Å²) in [4.78, 5) is 0. The lowest BCUT2D eigenvalue weighted by atomic mass is 9.95. The number of hydrogen-bond acceptors (Lipinski definition) is 2. The smallest absolute Gasteiger partial charge is 0.0700 e. The van der Waals surface area contributed by atoms with E-state index in [1.807, 2.05) is 0 Å². The van der Waals surface area contributed by atoms with Gasteiger partial charge >= 0.3 is 0 Å². The van der Waals surface area contributed by atoms with Gasteiger partial charge < -0.3 is 9.47 Å². The van der Waals surface area contributed by atoms with Gasteiger partial charge in [-0.15, -0.1) is 0 Å². The fourth-order valence-electron chi connectivity index (χ4n) is 2.69. The molecule has 2 heteroatoms. The number of fused-ring (bicyclic) bond motifs is 2. The molecule has 1 saturated carbocycles. The van der Waals surface area contributed by atoms with Crippen LogP contribution in [0.1, 0.15) is 26.2 Å². The molecule has 2 aliphatic carbocycles. The van der Waals surface area contributed by atoms with Crippen molar-refractivity contribution in [3.8, 4) is 0 Å². The van der Waals surface area contributed by atoms with Crippen molar-refractivity contribution in [3.05, 3.63) is 12.2 Å². The van der Waals surface area contributed by atoms with E-state index in [9.17, 15) is 0 Å². The van der Waals surface area contributed by atoms with Crippen molar-refractivity contribution in [1.29, 1.82) is 0 Å². The molecule has 3 unspecified atom stereocenters. The van der Waals surface area contributed by atoms with Crippen LogP contribution in [-0.4, -0.2) is 26.4 Å². The van der Waals surface area contributed by atoms with E-state index in [4.69, 9.17) is 9.47 Å². The van der Waals surface area contributed by atoms with Crippen molar-refractivity contribution in [2.75, 3.05) is 26.4 Å². The summed E-state index contributed by atoms with van der Waals surface area (Å²) in [5.74, 6) is 2.46. The molecule has 3 atom stereocenters.